The average Bonchev–Trinajstić information content (AvgIpc) is 2.70. The predicted octanol–water partition coefficient (Wildman–Crippen LogP) is 2.39. The molecule has 1 aromatic carbocycles. The summed E-state index contributed by atoms with van der Waals surface area (Å²) in [5, 5.41) is 0. The van der Waals surface area contributed by atoms with Crippen LogP contribution in [-0.4, -0.2) is 29.9 Å². The van der Waals surface area contributed by atoms with Crippen molar-refractivity contribution in [1.82, 2.24) is 4.90 Å². The number of ether oxygens (including phenoxy) is 1. The first-order chi connectivity index (χ1) is 8.47. The van der Waals surface area contributed by atoms with Crippen molar-refractivity contribution in [1.29, 1.82) is 0 Å². The molecule has 4 nitrogen and oxygen atoms in total. The standard InChI is InChI=1S/C14H17NO3/c1-9-6-10(2)13(11(3)7-9)18-14(17)15-5-4-12(16)8-15/h6-7H,4-5,8H2,1-3H3. The van der Waals surface area contributed by atoms with Crippen LogP contribution >= 0.6 is 0 Å². The monoisotopic (exact) mass is 247 g/mol. The van der Waals surface area contributed by atoms with E-state index in [1.54, 1.807) is 0 Å². The molecule has 0 radical (unpaired) electrons. The number of aryl methyl sites for hydroxylation is 3. The van der Waals surface area contributed by atoms with Crippen LogP contribution in [0.15, 0.2) is 12.1 Å². The lowest BCUT2D eigenvalue weighted by Crippen LogP contribution is -2.31. The molecule has 0 aromatic heterocycles. The van der Waals surface area contributed by atoms with Crippen molar-refractivity contribution < 1.29 is 14.3 Å². The van der Waals surface area contributed by atoms with Gasteiger partial charge in [-0.2, -0.15) is 0 Å². The first kappa shape index (κ1) is 12.6. The number of Topliss-reactive ketones (excluding diaryl/α,β-unsaturated/α-hetero) is 1. The molecule has 4 heteroatoms. The molecule has 0 spiro atoms. The molecular formula is C14H17NO3. The zero-order valence-electron chi connectivity index (χ0n) is 10.9. The number of carbonyl (C=O) groups excluding carboxylic acids is 2. The molecule has 0 bridgehead atoms. The van der Waals surface area contributed by atoms with E-state index in [9.17, 15) is 9.59 Å². The molecule has 0 atom stereocenters. The maximum atomic E-state index is 11.9. The van der Waals surface area contributed by atoms with Gasteiger partial charge in [-0.05, 0) is 31.9 Å². The quantitative estimate of drug-likeness (QED) is 0.765. The molecule has 0 saturated carbocycles. The van der Waals surface area contributed by atoms with E-state index in [-0.39, 0.29) is 12.3 Å². The van der Waals surface area contributed by atoms with Gasteiger partial charge in [0.05, 0.1) is 6.54 Å². The first-order valence-corrected chi connectivity index (χ1v) is 6.03. The molecular weight excluding hydrogens is 230 g/mol. The normalized spacial score (nSPS) is 15.1. The maximum Gasteiger partial charge on any atom is 0.415 e. The van der Waals surface area contributed by atoms with Crippen molar-refractivity contribution in [3.63, 3.8) is 0 Å². The number of benzene rings is 1. The molecule has 1 amide bonds. The van der Waals surface area contributed by atoms with Gasteiger partial charge in [-0.3, -0.25) is 4.79 Å². The van der Waals surface area contributed by atoms with Crippen LogP contribution in [0.3, 0.4) is 0 Å². The highest BCUT2D eigenvalue weighted by molar-refractivity contribution is 5.87. The van der Waals surface area contributed by atoms with Crippen molar-refractivity contribution in [3.05, 3.63) is 28.8 Å². The molecule has 1 aromatic rings. The van der Waals surface area contributed by atoms with Gasteiger partial charge in [-0.15, -0.1) is 0 Å². The van der Waals surface area contributed by atoms with Crippen molar-refractivity contribution >= 4 is 11.9 Å². The Labute approximate surface area is 107 Å². The summed E-state index contributed by atoms with van der Waals surface area (Å²) in [6.07, 6.45) is -0.00284. The second-order valence-corrected chi connectivity index (χ2v) is 4.81. The number of likely N-dealkylation sites (tertiary alicyclic amines) is 1. The first-order valence-electron chi connectivity index (χ1n) is 6.03. The van der Waals surface area contributed by atoms with E-state index in [4.69, 9.17) is 4.74 Å². The van der Waals surface area contributed by atoms with Crippen LogP contribution in [0.25, 0.3) is 0 Å². The van der Waals surface area contributed by atoms with Crippen molar-refractivity contribution in [3.8, 4) is 5.75 Å². The minimum absolute atomic E-state index is 0.0873. The lowest BCUT2D eigenvalue weighted by Gasteiger charge is -2.17. The molecule has 0 aliphatic carbocycles. The molecule has 1 aliphatic heterocycles. The highest BCUT2D eigenvalue weighted by Gasteiger charge is 2.26. The van der Waals surface area contributed by atoms with Crippen LogP contribution in [0.5, 0.6) is 5.75 Å². The number of hydrogen-bond donors (Lipinski definition) is 0. The molecule has 0 unspecified atom stereocenters. The van der Waals surface area contributed by atoms with E-state index in [1.807, 2.05) is 32.9 Å². The van der Waals surface area contributed by atoms with E-state index in [1.165, 1.54) is 4.90 Å². The Morgan fingerprint density at radius 2 is 1.83 bits per heavy atom. The van der Waals surface area contributed by atoms with Gasteiger partial charge in [-0.25, -0.2) is 4.79 Å². The fourth-order valence-corrected chi connectivity index (χ4v) is 2.27. The third kappa shape index (κ3) is 2.53. The fraction of sp³-hybridized carbons (Fsp3) is 0.429. The highest BCUT2D eigenvalue weighted by atomic mass is 16.6. The van der Waals surface area contributed by atoms with Crippen molar-refractivity contribution in [2.75, 3.05) is 13.1 Å². The van der Waals surface area contributed by atoms with E-state index in [2.05, 4.69) is 0 Å². The third-order valence-electron chi connectivity index (χ3n) is 3.08. The van der Waals surface area contributed by atoms with Crippen LogP contribution in [0.4, 0.5) is 4.79 Å². The Morgan fingerprint density at radius 1 is 1.22 bits per heavy atom. The highest BCUT2D eigenvalue weighted by Crippen LogP contribution is 2.25. The van der Waals surface area contributed by atoms with Crippen LogP contribution in [0, 0.1) is 20.8 Å². The smallest absolute Gasteiger partial charge is 0.410 e. The summed E-state index contributed by atoms with van der Waals surface area (Å²) in [5.74, 6) is 0.689. The van der Waals surface area contributed by atoms with Crippen LogP contribution in [0.2, 0.25) is 0 Å². The second kappa shape index (κ2) is 4.80. The number of rotatable bonds is 1. The number of hydrogen-bond acceptors (Lipinski definition) is 3. The second-order valence-electron chi connectivity index (χ2n) is 4.81. The van der Waals surface area contributed by atoms with E-state index >= 15 is 0 Å². The van der Waals surface area contributed by atoms with Crippen molar-refractivity contribution in [2.45, 2.75) is 27.2 Å². The molecule has 1 aliphatic rings. The molecule has 96 valence electrons. The van der Waals surface area contributed by atoms with Gasteiger partial charge in [0.15, 0.2) is 5.78 Å². The number of ketones is 1. The van der Waals surface area contributed by atoms with Gasteiger partial charge >= 0.3 is 6.09 Å². The Bertz CT molecular complexity index is 485. The van der Waals surface area contributed by atoms with Gasteiger partial charge < -0.3 is 9.64 Å². The largest absolute Gasteiger partial charge is 0.415 e. The minimum Gasteiger partial charge on any atom is -0.410 e. The van der Waals surface area contributed by atoms with Gasteiger partial charge in [0, 0.05) is 13.0 Å². The zero-order valence-corrected chi connectivity index (χ0v) is 10.9. The number of amides is 1. The van der Waals surface area contributed by atoms with Crippen LogP contribution < -0.4 is 4.74 Å². The summed E-state index contributed by atoms with van der Waals surface area (Å²) in [7, 11) is 0. The average molecular weight is 247 g/mol. The molecule has 2 rings (SSSR count). The lowest BCUT2D eigenvalue weighted by molar-refractivity contribution is -0.116. The van der Waals surface area contributed by atoms with Crippen LogP contribution in [0.1, 0.15) is 23.1 Å². The zero-order chi connectivity index (χ0) is 13.3. The minimum atomic E-state index is -0.434. The van der Waals surface area contributed by atoms with Gasteiger partial charge in [-0.1, -0.05) is 17.7 Å². The van der Waals surface area contributed by atoms with Crippen LogP contribution in [-0.2, 0) is 4.79 Å². The molecule has 1 saturated heterocycles. The Hall–Kier alpha value is -1.84. The summed E-state index contributed by atoms with van der Waals surface area (Å²) >= 11 is 0. The van der Waals surface area contributed by atoms with Gasteiger partial charge in [0.1, 0.15) is 5.75 Å². The topological polar surface area (TPSA) is 46.6 Å². The number of carbonyl (C=O) groups is 2. The molecule has 1 fully saturated rings. The molecule has 18 heavy (non-hydrogen) atoms. The summed E-state index contributed by atoms with van der Waals surface area (Å²) in [5.41, 5.74) is 3.01. The van der Waals surface area contributed by atoms with Gasteiger partial charge in [0.25, 0.3) is 0 Å². The lowest BCUT2D eigenvalue weighted by atomic mass is 10.1. The summed E-state index contributed by atoms with van der Waals surface area (Å²) < 4.78 is 5.40. The molecule has 0 N–H and O–H groups in total. The fourth-order valence-electron chi connectivity index (χ4n) is 2.27. The summed E-state index contributed by atoms with van der Waals surface area (Å²) in [6.45, 7) is 6.46. The third-order valence-corrected chi connectivity index (χ3v) is 3.08. The van der Waals surface area contributed by atoms with Gasteiger partial charge in [0.2, 0.25) is 0 Å². The molecule has 1 heterocycles. The van der Waals surface area contributed by atoms with E-state index in [0.29, 0.717) is 18.7 Å². The van der Waals surface area contributed by atoms with Crippen molar-refractivity contribution in [2.24, 2.45) is 0 Å². The Morgan fingerprint density at radius 3 is 2.33 bits per heavy atom. The number of nitrogens with zero attached hydrogens (tertiary/aromatic N) is 1. The Balaban J connectivity index is 2.14. The van der Waals surface area contributed by atoms with E-state index < -0.39 is 6.09 Å². The Kier molecular flexibility index (Phi) is 3.36. The SMILES string of the molecule is Cc1cc(C)c(OC(=O)N2CCC(=O)C2)c(C)c1. The summed E-state index contributed by atoms with van der Waals surface area (Å²) in [6, 6.07) is 3.95. The predicted molar refractivity (Wildman–Crippen MR) is 67.9 cm³/mol. The van der Waals surface area contributed by atoms with E-state index in [0.717, 1.165) is 16.7 Å². The summed E-state index contributed by atoms with van der Waals surface area (Å²) in [4.78, 5) is 24.5. The maximum absolute atomic E-state index is 11.9.